The van der Waals surface area contributed by atoms with Crippen molar-refractivity contribution in [2.45, 2.75) is 50.4 Å². The van der Waals surface area contributed by atoms with Crippen LogP contribution in [0.2, 0.25) is 10.0 Å². The molecule has 7 nitrogen and oxygen atoms in total. The minimum atomic E-state index is -0.566. The van der Waals surface area contributed by atoms with Crippen molar-refractivity contribution < 1.29 is 14.3 Å². The van der Waals surface area contributed by atoms with Gasteiger partial charge in [-0.25, -0.2) is 9.48 Å². The molecule has 1 aliphatic rings. The summed E-state index contributed by atoms with van der Waals surface area (Å²) < 4.78 is 13.5. The second kappa shape index (κ2) is 12.4. The van der Waals surface area contributed by atoms with Gasteiger partial charge >= 0.3 is 5.97 Å². The largest absolute Gasteiger partial charge is 0.489 e. The van der Waals surface area contributed by atoms with Crippen molar-refractivity contribution in [3.63, 3.8) is 0 Å². The van der Waals surface area contributed by atoms with E-state index in [1.807, 2.05) is 93.6 Å². The summed E-state index contributed by atoms with van der Waals surface area (Å²) in [6, 6.07) is 22.3. The van der Waals surface area contributed by atoms with Gasteiger partial charge in [-0.2, -0.15) is 4.98 Å². The lowest BCUT2D eigenvalue weighted by atomic mass is 9.95. The summed E-state index contributed by atoms with van der Waals surface area (Å²) in [4.78, 5) is 18.1. The molecule has 0 radical (unpaired) electrons. The number of halogens is 2. The molecule has 10 heteroatoms. The second-order valence-electron chi connectivity index (χ2n) is 9.55. The third kappa shape index (κ3) is 6.46. The van der Waals surface area contributed by atoms with Crippen LogP contribution in [-0.4, -0.2) is 26.8 Å². The molecule has 40 heavy (non-hydrogen) atoms. The van der Waals surface area contributed by atoms with Gasteiger partial charge in [-0.1, -0.05) is 77.4 Å². The molecule has 2 heterocycles. The maximum Gasteiger partial charge on any atom is 0.338 e. The molecule has 0 fully saturated rings. The number of thioether (sulfide) groups is 1. The Labute approximate surface area is 247 Å². The van der Waals surface area contributed by atoms with Crippen molar-refractivity contribution in [3.8, 4) is 5.75 Å². The molecule has 1 aromatic heterocycles. The highest BCUT2D eigenvalue weighted by atomic mass is 35.5. The molecule has 0 spiro atoms. The average Bonchev–Trinajstić information content (AvgIpc) is 3.33. The molecular weight excluding hydrogens is 567 g/mol. The smallest absolute Gasteiger partial charge is 0.338 e. The van der Waals surface area contributed by atoms with Crippen molar-refractivity contribution in [1.82, 2.24) is 14.8 Å². The number of nitrogens with one attached hydrogen (secondary N) is 1. The number of fused-ring (bicyclic) bond motifs is 1. The SMILES string of the molecule is CC1=C(C(=O)OC(C)C)C(c2cccc(OCc3ccc(Cl)cc3)c2)n2nc(SCc3ccccc3Cl)nc2N1. The van der Waals surface area contributed by atoms with E-state index in [0.29, 0.717) is 50.5 Å². The molecule has 4 aromatic rings. The summed E-state index contributed by atoms with van der Waals surface area (Å²) in [5, 5.41) is 9.98. The van der Waals surface area contributed by atoms with Gasteiger partial charge in [0, 0.05) is 21.5 Å². The number of anilines is 1. The van der Waals surface area contributed by atoms with Gasteiger partial charge in [0.15, 0.2) is 0 Å². The summed E-state index contributed by atoms with van der Waals surface area (Å²) in [6.45, 7) is 5.88. The van der Waals surface area contributed by atoms with Gasteiger partial charge in [-0.3, -0.25) is 0 Å². The first-order valence-corrected chi connectivity index (χ1v) is 14.5. The zero-order valence-electron chi connectivity index (χ0n) is 22.2. The number of esters is 1. The quantitative estimate of drug-likeness (QED) is 0.157. The molecule has 0 saturated heterocycles. The minimum Gasteiger partial charge on any atom is -0.489 e. The van der Waals surface area contributed by atoms with Gasteiger partial charge in [-0.05, 0) is 67.8 Å². The van der Waals surface area contributed by atoms with E-state index in [9.17, 15) is 4.79 Å². The van der Waals surface area contributed by atoms with Crippen LogP contribution in [0.4, 0.5) is 5.95 Å². The number of benzene rings is 3. The van der Waals surface area contributed by atoms with Gasteiger partial charge in [0.1, 0.15) is 18.4 Å². The van der Waals surface area contributed by atoms with E-state index in [0.717, 1.165) is 16.7 Å². The number of aromatic nitrogens is 3. The standard InChI is InChI=1S/C30H28Cl2N4O3S/c1-18(2)39-28(37)26-19(3)33-29-34-30(40-17-22-7-4-5-10-25(22)32)35-36(29)27(26)21-8-6-9-24(15-21)38-16-20-11-13-23(31)14-12-20/h4-15,18,27H,16-17H2,1-3H3,(H,33,34,35). The number of allylic oxidation sites excluding steroid dienone is 1. The highest BCUT2D eigenvalue weighted by Gasteiger charge is 2.35. The zero-order chi connectivity index (χ0) is 28.2. The number of nitrogens with zero attached hydrogens (tertiary/aromatic N) is 3. The number of carbonyl (C=O) groups excluding carboxylic acids is 1. The topological polar surface area (TPSA) is 78.3 Å². The number of rotatable bonds is 9. The number of carbonyl (C=O) groups is 1. The Morgan fingerprint density at radius 2 is 1.85 bits per heavy atom. The fraction of sp³-hybridized carbons (Fsp3) is 0.233. The molecule has 1 unspecified atom stereocenters. The minimum absolute atomic E-state index is 0.277. The van der Waals surface area contributed by atoms with Crippen molar-refractivity contribution in [1.29, 1.82) is 0 Å². The van der Waals surface area contributed by atoms with Gasteiger partial charge in [0.25, 0.3) is 0 Å². The summed E-state index contributed by atoms with van der Waals surface area (Å²) >= 11 is 13.8. The van der Waals surface area contributed by atoms with Crippen LogP contribution in [0.5, 0.6) is 5.75 Å². The molecule has 206 valence electrons. The molecule has 1 N–H and O–H groups in total. The Kier molecular flexibility index (Phi) is 8.69. The van der Waals surface area contributed by atoms with Crippen LogP contribution < -0.4 is 10.1 Å². The summed E-state index contributed by atoms with van der Waals surface area (Å²) in [7, 11) is 0. The second-order valence-corrected chi connectivity index (χ2v) is 11.3. The monoisotopic (exact) mass is 594 g/mol. The van der Waals surface area contributed by atoms with E-state index in [1.54, 1.807) is 4.68 Å². The van der Waals surface area contributed by atoms with Crippen molar-refractivity contribution in [2.24, 2.45) is 0 Å². The van der Waals surface area contributed by atoms with Gasteiger partial charge in [0.2, 0.25) is 11.1 Å². The number of hydrogen-bond acceptors (Lipinski definition) is 7. The maximum atomic E-state index is 13.3. The van der Waals surface area contributed by atoms with Crippen LogP contribution in [-0.2, 0) is 21.9 Å². The Morgan fingerprint density at radius 1 is 1.07 bits per heavy atom. The van der Waals surface area contributed by atoms with E-state index >= 15 is 0 Å². The van der Waals surface area contributed by atoms with E-state index in [2.05, 4.69) is 5.32 Å². The normalized spacial score (nSPS) is 14.6. The fourth-order valence-electron chi connectivity index (χ4n) is 4.32. The first kappa shape index (κ1) is 28.1. The zero-order valence-corrected chi connectivity index (χ0v) is 24.6. The van der Waals surface area contributed by atoms with Gasteiger partial charge in [-0.15, -0.1) is 5.10 Å². The molecule has 1 aliphatic heterocycles. The van der Waals surface area contributed by atoms with Gasteiger partial charge in [0.05, 0.1) is 11.7 Å². The summed E-state index contributed by atoms with van der Waals surface area (Å²) in [5.41, 5.74) is 3.92. The lowest BCUT2D eigenvalue weighted by molar-refractivity contribution is -0.143. The van der Waals surface area contributed by atoms with Crippen molar-refractivity contribution in [3.05, 3.63) is 111 Å². The summed E-state index contributed by atoms with van der Waals surface area (Å²) in [5.74, 6) is 1.40. The van der Waals surface area contributed by atoms with E-state index in [4.69, 9.17) is 42.8 Å². The molecule has 1 atom stereocenters. The Bertz CT molecular complexity index is 1550. The Morgan fingerprint density at radius 3 is 2.60 bits per heavy atom. The third-order valence-electron chi connectivity index (χ3n) is 6.20. The molecule has 0 bridgehead atoms. The maximum absolute atomic E-state index is 13.3. The lowest BCUT2D eigenvalue weighted by Crippen LogP contribution is -2.30. The van der Waals surface area contributed by atoms with Crippen LogP contribution in [0.25, 0.3) is 0 Å². The van der Waals surface area contributed by atoms with E-state index in [-0.39, 0.29) is 6.10 Å². The van der Waals surface area contributed by atoms with E-state index < -0.39 is 12.0 Å². The predicted octanol–water partition coefficient (Wildman–Crippen LogP) is 7.70. The predicted molar refractivity (Wildman–Crippen MR) is 159 cm³/mol. The Balaban J connectivity index is 1.46. The number of ether oxygens (including phenoxy) is 2. The Hall–Kier alpha value is -3.46. The fourth-order valence-corrected chi connectivity index (χ4v) is 5.56. The number of hydrogen-bond donors (Lipinski definition) is 1. The van der Waals surface area contributed by atoms with Gasteiger partial charge < -0.3 is 14.8 Å². The van der Waals surface area contributed by atoms with Crippen LogP contribution >= 0.6 is 35.0 Å². The third-order valence-corrected chi connectivity index (χ3v) is 7.71. The first-order valence-electron chi connectivity index (χ1n) is 12.8. The molecule has 0 saturated carbocycles. The average molecular weight is 596 g/mol. The van der Waals surface area contributed by atoms with E-state index in [1.165, 1.54) is 11.8 Å². The molecule has 5 rings (SSSR count). The summed E-state index contributed by atoms with van der Waals surface area (Å²) in [6.07, 6.45) is -0.277. The molecule has 3 aromatic carbocycles. The van der Waals surface area contributed by atoms with Crippen molar-refractivity contribution in [2.75, 3.05) is 5.32 Å². The highest BCUT2D eigenvalue weighted by molar-refractivity contribution is 7.98. The molecule has 0 aliphatic carbocycles. The molecule has 0 amide bonds. The van der Waals surface area contributed by atoms with Crippen molar-refractivity contribution >= 4 is 46.9 Å². The van der Waals surface area contributed by atoms with Crippen LogP contribution in [0, 0.1) is 0 Å². The lowest BCUT2D eigenvalue weighted by Gasteiger charge is -2.28. The van der Waals surface area contributed by atoms with Crippen LogP contribution in [0.3, 0.4) is 0 Å². The van der Waals surface area contributed by atoms with Crippen LogP contribution in [0.1, 0.15) is 43.5 Å². The first-order chi connectivity index (χ1) is 19.3. The van der Waals surface area contributed by atoms with Crippen LogP contribution in [0.15, 0.2) is 89.2 Å². The molecular formula is C30H28Cl2N4O3S. The highest BCUT2D eigenvalue weighted by Crippen LogP contribution is 2.38.